The highest BCUT2D eigenvalue weighted by molar-refractivity contribution is 6.30. The predicted octanol–water partition coefficient (Wildman–Crippen LogP) is 1.04. The molecular formula is C15H16ClN5O2. The van der Waals surface area contributed by atoms with Crippen LogP contribution in [0.25, 0.3) is 0 Å². The van der Waals surface area contributed by atoms with Crippen molar-refractivity contribution in [1.82, 2.24) is 26.7 Å². The highest BCUT2D eigenvalue weighted by Gasteiger charge is 2.30. The van der Waals surface area contributed by atoms with Crippen LogP contribution in [0, 0.1) is 0 Å². The van der Waals surface area contributed by atoms with Gasteiger partial charge in [0.15, 0.2) is 0 Å². The van der Waals surface area contributed by atoms with E-state index < -0.39 is 11.9 Å². The molecule has 1 fully saturated rings. The van der Waals surface area contributed by atoms with E-state index in [1.807, 2.05) is 30.3 Å². The van der Waals surface area contributed by atoms with Gasteiger partial charge in [-0.1, -0.05) is 41.9 Å². The summed E-state index contributed by atoms with van der Waals surface area (Å²) in [6.07, 6.45) is 2.07. The molecule has 5 N–H and O–H groups in total. The van der Waals surface area contributed by atoms with Crippen molar-refractivity contribution in [3.8, 4) is 0 Å². The Bertz CT molecular complexity index is 703. The molecule has 7 nitrogen and oxygen atoms in total. The summed E-state index contributed by atoms with van der Waals surface area (Å²) in [6, 6.07) is 10.9. The molecule has 2 atom stereocenters. The minimum Gasteiger partial charge on any atom is -0.356 e. The van der Waals surface area contributed by atoms with E-state index in [0.717, 1.165) is 5.56 Å². The van der Waals surface area contributed by atoms with Crippen molar-refractivity contribution in [2.75, 3.05) is 0 Å². The molecule has 1 aromatic heterocycles. The summed E-state index contributed by atoms with van der Waals surface area (Å²) in [5.74, 6) is -0.780. The second-order valence-electron chi connectivity index (χ2n) is 5.22. The second kappa shape index (κ2) is 6.82. The van der Waals surface area contributed by atoms with Crippen molar-refractivity contribution < 1.29 is 9.59 Å². The van der Waals surface area contributed by atoms with Gasteiger partial charge in [0, 0.05) is 12.2 Å². The lowest BCUT2D eigenvalue weighted by atomic mass is 10.0. The van der Waals surface area contributed by atoms with Crippen LogP contribution in [-0.2, 0) is 4.79 Å². The van der Waals surface area contributed by atoms with E-state index in [1.54, 1.807) is 0 Å². The van der Waals surface area contributed by atoms with E-state index in [0.29, 0.717) is 11.4 Å². The lowest BCUT2D eigenvalue weighted by molar-refractivity contribution is -0.123. The number of hydrazine groups is 2. The Morgan fingerprint density at radius 3 is 2.61 bits per heavy atom. The van der Waals surface area contributed by atoms with Crippen LogP contribution >= 0.6 is 11.6 Å². The van der Waals surface area contributed by atoms with Gasteiger partial charge in [0.2, 0.25) is 0 Å². The van der Waals surface area contributed by atoms with Gasteiger partial charge in [-0.25, -0.2) is 10.9 Å². The van der Waals surface area contributed by atoms with Crippen LogP contribution in [0.5, 0.6) is 0 Å². The molecular weight excluding hydrogens is 318 g/mol. The summed E-state index contributed by atoms with van der Waals surface area (Å²) >= 11 is 5.73. The maximum Gasteiger partial charge on any atom is 0.286 e. The summed E-state index contributed by atoms with van der Waals surface area (Å²) in [5.41, 5.74) is 12.1. The molecule has 0 saturated carbocycles. The first-order chi connectivity index (χ1) is 11.1. The molecule has 0 spiro atoms. The molecule has 1 aromatic carbocycles. The number of aromatic amines is 1. The van der Waals surface area contributed by atoms with E-state index in [2.05, 4.69) is 26.7 Å². The maximum atomic E-state index is 12.1. The van der Waals surface area contributed by atoms with Gasteiger partial charge < -0.3 is 4.98 Å². The third kappa shape index (κ3) is 3.70. The van der Waals surface area contributed by atoms with Crippen LogP contribution in [0.3, 0.4) is 0 Å². The Morgan fingerprint density at radius 2 is 1.91 bits per heavy atom. The highest BCUT2D eigenvalue weighted by Crippen LogP contribution is 2.21. The first kappa shape index (κ1) is 15.5. The maximum absolute atomic E-state index is 12.1. The highest BCUT2D eigenvalue weighted by atomic mass is 35.5. The van der Waals surface area contributed by atoms with Gasteiger partial charge in [-0.15, -0.1) is 0 Å². The van der Waals surface area contributed by atoms with Crippen LogP contribution in [0.1, 0.15) is 28.5 Å². The van der Waals surface area contributed by atoms with Gasteiger partial charge in [-0.05, 0) is 18.1 Å². The number of carbonyl (C=O) groups is 2. The predicted molar refractivity (Wildman–Crippen MR) is 85.3 cm³/mol. The lowest BCUT2D eigenvalue weighted by Gasteiger charge is -2.11. The number of amides is 2. The van der Waals surface area contributed by atoms with Crippen molar-refractivity contribution in [2.45, 2.75) is 18.5 Å². The topological polar surface area (TPSA) is 98.1 Å². The lowest BCUT2D eigenvalue weighted by Crippen LogP contribution is -2.50. The molecule has 8 heteroatoms. The molecule has 2 aromatic rings. The van der Waals surface area contributed by atoms with Gasteiger partial charge >= 0.3 is 0 Å². The number of benzene rings is 1. The normalized spacial score (nSPS) is 20.2. The number of halogens is 1. The SMILES string of the molecule is O=C(NNC(=O)C1CC(c2ccccc2)NN1)c1cc(Cl)c[nH]1. The molecule has 1 aliphatic rings. The van der Waals surface area contributed by atoms with E-state index in [-0.39, 0.29) is 17.6 Å². The molecule has 2 amide bonds. The molecule has 0 radical (unpaired) electrons. The summed E-state index contributed by atoms with van der Waals surface area (Å²) in [7, 11) is 0. The van der Waals surface area contributed by atoms with Crippen molar-refractivity contribution in [2.24, 2.45) is 0 Å². The van der Waals surface area contributed by atoms with Gasteiger partial charge in [0.25, 0.3) is 11.8 Å². The van der Waals surface area contributed by atoms with Crippen molar-refractivity contribution in [3.05, 3.63) is 58.9 Å². The summed E-state index contributed by atoms with van der Waals surface area (Å²) in [5, 5.41) is 0.425. The van der Waals surface area contributed by atoms with Gasteiger partial charge in [-0.2, -0.15) is 0 Å². The standard InChI is InChI=1S/C15H16ClN5O2/c16-10-6-12(17-8-10)14(22)20-21-15(23)13-7-11(18-19-13)9-4-2-1-3-5-9/h1-6,8,11,13,17-19H,7H2,(H,20,22)(H,21,23). The molecule has 1 aliphatic heterocycles. The Morgan fingerprint density at radius 1 is 1.13 bits per heavy atom. The zero-order valence-electron chi connectivity index (χ0n) is 12.1. The monoisotopic (exact) mass is 333 g/mol. The minimum atomic E-state index is -0.462. The Balaban J connectivity index is 1.50. The fraction of sp³-hybridized carbons (Fsp3) is 0.200. The second-order valence-corrected chi connectivity index (χ2v) is 5.65. The van der Waals surface area contributed by atoms with Gasteiger partial charge in [0.1, 0.15) is 11.7 Å². The molecule has 2 unspecified atom stereocenters. The summed E-state index contributed by atoms with van der Waals surface area (Å²) < 4.78 is 0. The average Bonchev–Trinajstić information content (AvgIpc) is 3.22. The van der Waals surface area contributed by atoms with Crippen molar-refractivity contribution in [3.63, 3.8) is 0 Å². The number of carbonyl (C=O) groups excluding carboxylic acids is 2. The Kier molecular flexibility index (Phi) is 4.61. The number of hydrogen-bond donors (Lipinski definition) is 5. The van der Waals surface area contributed by atoms with Gasteiger partial charge in [0.05, 0.1) is 5.02 Å². The molecule has 23 heavy (non-hydrogen) atoms. The van der Waals surface area contributed by atoms with E-state index in [4.69, 9.17) is 11.6 Å². The van der Waals surface area contributed by atoms with Crippen LogP contribution in [0.2, 0.25) is 5.02 Å². The zero-order valence-corrected chi connectivity index (χ0v) is 12.9. The largest absolute Gasteiger partial charge is 0.356 e. The smallest absolute Gasteiger partial charge is 0.286 e. The van der Waals surface area contributed by atoms with Gasteiger partial charge in [-0.3, -0.25) is 20.4 Å². The van der Waals surface area contributed by atoms with E-state index >= 15 is 0 Å². The fourth-order valence-electron chi connectivity index (χ4n) is 2.40. The number of nitrogens with one attached hydrogen (secondary N) is 5. The fourth-order valence-corrected chi connectivity index (χ4v) is 2.57. The number of hydrogen-bond acceptors (Lipinski definition) is 4. The van der Waals surface area contributed by atoms with Crippen LogP contribution < -0.4 is 21.7 Å². The Hall–Kier alpha value is -2.35. The van der Waals surface area contributed by atoms with Crippen LogP contribution in [0.15, 0.2) is 42.6 Å². The first-order valence-electron chi connectivity index (χ1n) is 7.13. The van der Waals surface area contributed by atoms with E-state index in [9.17, 15) is 9.59 Å². The first-order valence-corrected chi connectivity index (χ1v) is 7.51. The Labute approximate surface area is 137 Å². The molecule has 2 heterocycles. The van der Waals surface area contributed by atoms with E-state index in [1.165, 1.54) is 12.3 Å². The quantitative estimate of drug-likeness (QED) is 0.542. The molecule has 1 saturated heterocycles. The molecule has 120 valence electrons. The molecule has 0 bridgehead atoms. The van der Waals surface area contributed by atoms with Crippen LogP contribution in [-0.4, -0.2) is 22.8 Å². The number of aromatic nitrogens is 1. The third-order valence-electron chi connectivity index (χ3n) is 3.61. The average molecular weight is 334 g/mol. The molecule has 3 rings (SSSR count). The minimum absolute atomic E-state index is 0.0462. The van der Waals surface area contributed by atoms with Crippen molar-refractivity contribution in [1.29, 1.82) is 0 Å². The number of H-pyrrole nitrogens is 1. The van der Waals surface area contributed by atoms with Crippen LogP contribution in [0.4, 0.5) is 0 Å². The third-order valence-corrected chi connectivity index (χ3v) is 3.83. The summed E-state index contributed by atoms with van der Waals surface area (Å²) in [4.78, 5) is 26.6. The molecule has 0 aliphatic carbocycles. The zero-order chi connectivity index (χ0) is 16.2. The van der Waals surface area contributed by atoms with Crippen molar-refractivity contribution >= 4 is 23.4 Å². The number of rotatable bonds is 3. The summed E-state index contributed by atoms with van der Waals surface area (Å²) in [6.45, 7) is 0.